The van der Waals surface area contributed by atoms with Crippen molar-refractivity contribution in [3.05, 3.63) is 65.0 Å². The monoisotopic (exact) mass is 527 g/mol. The van der Waals surface area contributed by atoms with E-state index >= 15 is 0 Å². The second kappa shape index (κ2) is 10.6. The van der Waals surface area contributed by atoms with Crippen molar-refractivity contribution in [3.8, 4) is 23.0 Å². The van der Waals surface area contributed by atoms with E-state index in [1.165, 1.54) is 18.4 Å². The van der Waals surface area contributed by atoms with E-state index in [0.29, 0.717) is 11.6 Å². The zero-order chi connectivity index (χ0) is 25.1. The molecule has 1 unspecified atom stereocenters. The molecule has 1 heterocycles. The first-order valence-electron chi connectivity index (χ1n) is 12.1. The number of rotatable bonds is 8. The number of unbranched alkanes of at least 4 members (excludes halogenated alkanes) is 1. The Morgan fingerprint density at radius 3 is 2.09 bits per heavy atom. The minimum Gasteiger partial charge on any atom is -0.507 e. The maximum atomic E-state index is 11.0. The molecule has 0 spiro atoms. The minimum absolute atomic E-state index is 0.216. The van der Waals surface area contributed by atoms with Gasteiger partial charge in [0.25, 0.3) is 0 Å². The highest BCUT2D eigenvalue weighted by atomic mass is 79.9. The van der Waals surface area contributed by atoms with Gasteiger partial charge in [0, 0.05) is 22.0 Å². The third-order valence-corrected chi connectivity index (χ3v) is 6.56. The van der Waals surface area contributed by atoms with Crippen LogP contribution in [0.2, 0.25) is 0 Å². The van der Waals surface area contributed by atoms with Crippen molar-refractivity contribution in [2.45, 2.75) is 84.7 Å². The number of halogens is 1. The summed E-state index contributed by atoms with van der Waals surface area (Å²) in [5.74, 6) is 1.70. The molecule has 3 rings (SSSR count). The van der Waals surface area contributed by atoms with Crippen LogP contribution in [-0.2, 0) is 17.3 Å². The summed E-state index contributed by atoms with van der Waals surface area (Å²) in [6.45, 7) is 14.6. The molecule has 1 N–H and O–H groups in total. The molecule has 1 aromatic heterocycles. The molecule has 0 bridgehead atoms. The Bertz CT molecular complexity index is 1050. The average Bonchev–Trinajstić information content (AvgIpc) is 3.24. The van der Waals surface area contributed by atoms with Crippen molar-refractivity contribution in [2.75, 3.05) is 5.33 Å². The number of aryl methyl sites for hydroxylation is 1. The molecule has 0 saturated heterocycles. The van der Waals surface area contributed by atoms with E-state index in [4.69, 9.17) is 14.1 Å². The lowest BCUT2D eigenvalue weighted by atomic mass is 9.78. The van der Waals surface area contributed by atoms with Gasteiger partial charge in [0.15, 0.2) is 0 Å². The highest BCUT2D eigenvalue weighted by Crippen LogP contribution is 2.42. The van der Waals surface area contributed by atoms with E-state index in [1.807, 2.05) is 31.2 Å². The Labute approximate surface area is 212 Å². The second-order valence-electron chi connectivity index (χ2n) is 11.0. The van der Waals surface area contributed by atoms with Crippen LogP contribution in [0.25, 0.3) is 11.5 Å². The van der Waals surface area contributed by atoms with E-state index in [9.17, 15) is 5.11 Å². The number of phenols is 1. The highest BCUT2D eigenvalue weighted by molar-refractivity contribution is 9.09. The van der Waals surface area contributed by atoms with E-state index in [1.54, 1.807) is 6.26 Å². The number of aromatic hydroxyl groups is 1. The highest BCUT2D eigenvalue weighted by Gasteiger charge is 2.28. The van der Waals surface area contributed by atoms with Crippen molar-refractivity contribution < 1.29 is 14.3 Å². The number of ether oxygens (including phenoxy) is 1. The van der Waals surface area contributed by atoms with Crippen molar-refractivity contribution in [3.63, 3.8) is 0 Å². The summed E-state index contributed by atoms with van der Waals surface area (Å²) in [5.41, 5.74) is 4.25. The standard InChI is InChI=1S/C29H38BrNO3/c1-19(34-22-13-11-20(12-14-22)10-8-9-15-30)25-18-33-27(31-25)21-16-23(28(2,3)4)26(32)24(17-21)29(5,6)7/h11-14,16-19,32H,8-10,15H2,1-7H3. The van der Waals surface area contributed by atoms with E-state index in [-0.39, 0.29) is 16.9 Å². The number of hydrogen-bond acceptors (Lipinski definition) is 4. The number of alkyl halides is 1. The van der Waals surface area contributed by atoms with Gasteiger partial charge in [-0.25, -0.2) is 4.98 Å². The normalized spacial score (nSPS) is 13.2. The third-order valence-electron chi connectivity index (χ3n) is 6.00. The van der Waals surface area contributed by atoms with E-state index in [0.717, 1.165) is 39.9 Å². The number of phenolic OH excluding ortho intramolecular Hbond substituents is 1. The molecular formula is C29H38BrNO3. The predicted octanol–water partition coefficient (Wildman–Crippen LogP) is 8.50. The fraction of sp³-hybridized carbons (Fsp3) is 0.483. The number of benzene rings is 2. The van der Waals surface area contributed by atoms with Gasteiger partial charge >= 0.3 is 0 Å². The topological polar surface area (TPSA) is 55.5 Å². The first-order valence-corrected chi connectivity index (χ1v) is 13.2. The Morgan fingerprint density at radius 1 is 0.971 bits per heavy atom. The molecular weight excluding hydrogens is 490 g/mol. The minimum atomic E-state index is -0.252. The van der Waals surface area contributed by atoms with Gasteiger partial charge in [-0.1, -0.05) is 69.6 Å². The number of aromatic nitrogens is 1. The molecule has 0 aliphatic carbocycles. The fourth-order valence-corrected chi connectivity index (χ4v) is 4.33. The molecule has 2 aromatic carbocycles. The summed E-state index contributed by atoms with van der Waals surface area (Å²) in [6, 6.07) is 12.3. The largest absolute Gasteiger partial charge is 0.507 e. The molecule has 0 saturated carbocycles. The van der Waals surface area contributed by atoms with Crippen molar-refractivity contribution in [2.24, 2.45) is 0 Å². The predicted molar refractivity (Wildman–Crippen MR) is 143 cm³/mol. The quantitative estimate of drug-likeness (QED) is 0.235. The van der Waals surface area contributed by atoms with Crippen LogP contribution in [0.5, 0.6) is 11.5 Å². The average molecular weight is 529 g/mol. The van der Waals surface area contributed by atoms with Gasteiger partial charge in [0.05, 0.1) is 0 Å². The first kappa shape index (κ1) is 26.3. The molecule has 0 aliphatic heterocycles. The molecule has 3 aromatic rings. The number of nitrogens with zero attached hydrogens (tertiary/aromatic N) is 1. The summed E-state index contributed by atoms with van der Waals surface area (Å²) in [5, 5.41) is 12.0. The van der Waals surface area contributed by atoms with Crippen molar-refractivity contribution >= 4 is 15.9 Å². The fourth-order valence-electron chi connectivity index (χ4n) is 3.93. The summed E-state index contributed by atoms with van der Waals surface area (Å²) >= 11 is 3.48. The van der Waals surface area contributed by atoms with Gasteiger partial charge in [0.1, 0.15) is 29.6 Å². The zero-order valence-corrected chi connectivity index (χ0v) is 23.1. The second-order valence-corrected chi connectivity index (χ2v) is 11.8. The number of oxazole rings is 1. The Balaban J connectivity index is 1.82. The van der Waals surface area contributed by atoms with Crippen LogP contribution in [0.3, 0.4) is 0 Å². The lowest BCUT2D eigenvalue weighted by molar-refractivity contribution is 0.221. The number of hydrogen-bond donors (Lipinski definition) is 1. The van der Waals surface area contributed by atoms with Crippen LogP contribution < -0.4 is 4.74 Å². The van der Waals surface area contributed by atoms with Crippen LogP contribution in [0.4, 0.5) is 0 Å². The van der Waals surface area contributed by atoms with Gasteiger partial charge in [-0.05, 0) is 66.8 Å². The summed E-state index contributed by atoms with van der Waals surface area (Å²) in [6.07, 6.45) is 4.84. The van der Waals surface area contributed by atoms with Crippen molar-refractivity contribution in [1.82, 2.24) is 4.98 Å². The Morgan fingerprint density at radius 2 is 1.56 bits per heavy atom. The molecule has 0 radical (unpaired) electrons. The Kier molecular flexibility index (Phi) is 8.18. The maximum Gasteiger partial charge on any atom is 0.226 e. The van der Waals surface area contributed by atoms with Crippen LogP contribution in [-0.4, -0.2) is 15.4 Å². The van der Waals surface area contributed by atoms with Gasteiger partial charge < -0.3 is 14.3 Å². The lowest BCUT2D eigenvalue weighted by Gasteiger charge is -2.27. The lowest BCUT2D eigenvalue weighted by Crippen LogP contribution is -2.17. The van der Waals surface area contributed by atoms with Gasteiger partial charge in [-0.3, -0.25) is 0 Å². The SMILES string of the molecule is CC(Oc1ccc(CCCCBr)cc1)c1coc(-c2cc(C(C)(C)C)c(O)c(C(C)(C)C)c2)n1. The zero-order valence-electron chi connectivity index (χ0n) is 21.5. The molecule has 184 valence electrons. The summed E-state index contributed by atoms with van der Waals surface area (Å²) in [4.78, 5) is 4.74. The summed E-state index contributed by atoms with van der Waals surface area (Å²) < 4.78 is 12.0. The molecule has 1 atom stereocenters. The summed E-state index contributed by atoms with van der Waals surface area (Å²) in [7, 11) is 0. The molecule has 0 fully saturated rings. The smallest absolute Gasteiger partial charge is 0.226 e. The molecule has 34 heavy (non-hydrogen) atoms. The van der Waals surface area contributed by atoms with Crippen LogP contribution in [0, 0.1) is 0 Å². The molecule has 0 amide bonds. The van der Waals surface area contributed by atoms with Gasteiger partial charge in [0.2, 0.25) is 5.89 Å². The third kappa shape index (κ3) is 6.44. The maximum absolute atomic E-state index is 11.0. The van der Waals surface area contributed by atoms with Crippen LogP contribution >= 0.6 is 15.9 Å². The van der Waals surface area contributed by atoms with Gasteiger partial charge in [-0.15, -0.1) is 0 Å². The molecule has 0 aliphatic rings. The molecule has 4 nitrogen and oxygen atoms in total. The van der Waals surface area contributed by atoms with Crippen molar-refractivity contribution in [1.29, 1.82) is 0 Å². The van der Waals surface area contributed by atoms with E-state index < -0.39 is 0 Å². The van der Waals surface area contributed by atoms with Gasteiger partial charge in [-0.2, -0.15) is 0 Å². The van der Waals surface area contributed by atoms with Crippen LogP contribution in [0.15, 0.2) is 47.1 Å². The first-order chi connectivity index (χ1) is 15.9. The van der Waals surface area contributed by atoms with E-state index in [2.05, 4.69) is 69.6 Å². The van der Waals surface area contributed by atoms with Crippen LogP contribution in [0.1, 0.15) is 89.8 Å². The molecule has 5 heteroatoms. The Hall–Kier alpha value is -2.27.